The molecule has 1 aromatic heterocycles. The van der Waals surface area contributed by atoms with Crippen molar-refractivity contribution >= 4 is 43.2 Å². The van der Waals surface area contributed by atoms with Crippen molar-refractivity contribution in [2.75, 3.05) is 0 Å². The number of rotatable bonds is 0. The Labute approximate surface area is 116 Å². The van der Waals surface area contributed by atoms with Crippen molar-refractivity contribution in [1.82, 2.24) is 0 Å². The minimum Gasteiger partial charge on any atom is -0.128 e. The molecule has 0 radical (unpaired) electrons. The van der Waals surface area contributed by atoms with Crippen molar-refractivity contribution in [3.63, 3.8) is 0 Å². The molecule has 82 valence electrons. The molecule has 2 aromatic rings. The molecule has 0 unspecified atom stereocenters. The van der Waals surface area contributed by atoms with E-state index in [1.165, 1.54) is 25.4 Å². The molecule has 0 fully saturated rings. The maximum absolute atomic E-state index is 3.58. The van der Waals surface area contributed by atoms with Gasteiger partial charge in [-0.1, -0.05) is 35.8 Å². The summed E-state index contributed by atoms with van der Waals surface area (Å²) in [4.78, 5) is 1.42. The smallest absolute Gasteiger partial charge is 0.0708 e. The van der Waals surface area contributed by atoms with Crippen molar-refractivity contribution < 1.29 is 0 Å². The molecule has 0 amide bonds. The molecule has 0 nitrogen and oxygen atoms in total. The molecule has 0 bridgehead atoms. The van der Waals surface area contributed by atoms with Gasteiger partial charge in [0.2, 0.25) is 0 Å². The Morgan fingerprint density at radius 1 is 1.06 bits per heavy atom. The summed E-state index contributed by atoms with van der Waals surface area (Å²) < 4.78 is 2.38. The molecule has 16 heavy (non-hydrogen) atoms. The molecule has 0 saturated carbocycles. The zero-order valence-corrected chi connectivity index (χ0v) is 13.0. The van der Waals surface area contributed by atoms with Crippen LogP contribution in [0.3, 0.4) is 0 Å². The van der Waals surface area contributed by atoms with Gasteiger partial charge in [0, 0.05) is 14.8 Å². The molecule has 0 saturated heterocycles. The van der Waals surface area contributed by atoms with Crippen molar-refractivity contribution in [2.24, 2.45) is 0 Å². The monoisotopic (exact) mass is 356 g/mol. The highest BCUT2D eigenvalue weighted by Gasteiger charge is 2.37. The molecule has 1 heterocycles. The van der Waals surface area contributed by atoms with Crippen LogP contribution in [0, 0.1) is 0 Å². The first kappa shape index (κ1) is 11.0. The minimum absolute atomic E-state index is 0.122. The lowest BCUT2D eigenvalue weighted by Gasteiger charge is -2.20. The molecule has 1 aliphatic carbocycles. The van der Waals surface area contributed by atoms with Crippen LogP contribution < -0.4 is 0 Å². The fourth-order valence-electron chi connectivity index (χ4n) is 2.40. The summed E-state index contributed by atoms with van der Waals surface area (Å²) in [6, 6.07) is 8.84. The highest BCUT2D eigenvalue weighted by atomic mass is 79.9. The molecular formula is C13H10Br2S. The Hall–Kier alpha value is -0.120. The maximum atomic E-state index is 3.58. The molecule has 3 rings (SSSR count). The van der Waals surface area contributed by atoms with E-state index < -0.39 is 0 Å². The summed E-state index contributed by atoms with van der Waals surface area (Å²) in [7, 11) is 0. The number of halogens is 2. The zero-order valence-electron chi connectivity index (χ0n) is 8.97. The van der Waals surface area contributed by atoms with Crippen LogP contribution in [0.25, 0.3) is 10.4 Å². The standard InChI is InChI=1S/C13H10Br2S/c1-13(2)9-5-7(14)3-4-8(9)12-10(13)6-11(15)16-12/h3-6H,1-2H3. The first-order chi connectivity index (χ1) is 7.50. The molecule has 0 spiro atoms. The van der Waals surface area contributed by atoms with Gasteiger partial charge in [-0.15, -0.1) is 11.3 Å². The third-order valence-corrected chi connectivity index (χ3v) is 5.44. The first-order valence-corrected chi connectivity index (χ1v) is 7.50. The normalized spacial score (nSPS) is 16.0. The van der Waals surface area contributed by atoms with Crippen LogP contribution in [0.4, 0.5) is 0 Å². The van der Waals surface area contributed by atoms with Gasteiger partial charge in [0.15, 0.2) is 0 Å². The summed E-state index contributed by atoms with van der Waals surface area (Å²) in [5, 5.41) is 0. The Morgan fingerprint density at radius 3 is 2.56 bits per heavy atom. The third-order valence-electron chi connectivity index (χ3n) is 3.27. The maximum Gasteiger partial charge on any atom is 0.0708 e. The summed E-state index contributed by atoms with van der Waals surface area (Å²) in [5.41, 5.74) is 4.38. The predicted octanol–water partition coefficient (Wildman–Crippen LogP) is 5.58. The number of fused-ring (bicyclic) bond motifs is 3. The van der Waals surface area contributed by atoms with E-state index in [0.717, 1.165) is 4.47 Å². The van der Waals surface area contributed by atoms with E-state index in [2.05, 4.69) is 70.0 Å². The van der Waals surface area contributed by atoms with E-state index in [1.54, 1.807) is 0 Å². The summed E-state index contributed by atoms with van der Waals surface area (Å²) in [5.74, 6) is 0. The van der Waals surface area contributed by atoms with Gasteiger partial charge in [0.05, 0.1) is 3.79 Å². The highest BCUT2D eigenvalue weighted by Crippen LogP contribution is 2.53. The van der Waals surface area contributed by atoms with Crippen LogP contribution in [-0.4, -0.2) is 0 Å². The molecular weight excluding hydrogens is 348 g/mol. The fraction of sp³-hybridized carbons (Fsp3) is 0.231. The van der Waals surface area contributed by atoms with E-state index >= 15 is 0 Å². The van der Waals surface area contributed by atoms with Gasteiger partial charge in [-0.3, -0.25) is 0 Å². The van der Waals surface area contributed by atoms with E-state index in [0.29, 0.717) is 0 Å². The quantitative estimate of drug-likeness (QED) is 0.577. The van der Waals surface area contributed by atoms with Gasteiger partial charge in [-0.05, 0) is 50.8 Å². The second-order valence-corrected chi connectivity index (χ2v) is 7.96. The largest absolute Gasteiger partial charge is 0.128 e. The van der Waals surface area contributed by atoms with E-state index in [-0.39, 0.29) is 5.41 Å². The lowest BCUT2D eigenvalue weighted by molar-refractivity contribution is 0.661. The van der Waals surface area contributed by atoms with Crippen LogP contribution in [0.5, 0.6) is 0 Å². The van der Waals surface area contributed by atoms with Crippen LogP contribution >= 0.6 is 43.2 Å². The van der Waals surface area contributed by atoms with Crippen molar-refractivity contribution in [3.05, 3.63) is 43.7 Å². The molecule has 0 N–H and O–H groups in total. The second-order valence-electron chi connectivity index (χ2n) is 4.61. The number of hydrogen-bond acceptors (Lipinski definition) is 1. The molecule has 1 aromatic carbocycles. The molecule has 0 aliphatic heterocycles. The van der Waals surface area contributed by atoms with Gasteiger partial charge >= 0.3 is 0 Å². The van der Waals surface area contributed by atoms with Gasteiger partial charge in [0.1, 0.15) is 0 Å². The van der Waals surface area contributed by atoms with Crippen LogP contribution in [0.2, 0.25) is 0 Å². The van der Waals surface area contributed by atoms with Crippen molar-refractivity contribution in [2.45, 2.75) is 19.3 Å². The summed E-state index contributed by atoms with van der Waals surface area (Å²) >= 11 is 8.97. The Morgan fingerprint density at radius 2 is 1.81 bits per heavy atom. The van der Waals surface area contributed by atoms with Gasteiger partial charge in [-0.25, -0.2) is 0 Å². The second kappa shape index (κ2) is 3.44. The zero-order chi connectivity index (χ0) is 11.5. The Kier molecular flexibility index (Phi) is 2.36. The van der Waals surface area contributed by atoms with Crippen LogP contribution in [0.15, 0.2) is 32.5 Å². The lowest BCUT2D eigenvalue weighted by atomic mass is 9.83. The molecule has 1 aliphatic rings. The first-order valence-electron chi connectivity index (χ1n) is 5.10. The highest BCUT2D eigenvalue weighted by molar-refractivity contribution is 9.11. The van der Waals surface area contributed by atoms with E-state index in [1.807, 2.05) is 11.3 Å². The van der Waals surface area contributed by atoms with Crippen LogP contribution in [0.1, 0.15) is 25.0 Å². The summed E-state index contributed by atoms with van der Waals surface area (Å²) in [6.45, 7) is 4.59. The number of thiophene rings is 1. The van der Waals surface area contributed by atoms with Crippen molar-refractivity contribution in [1.29, 1.82) is 0 Å². The Bertz CT molecular complexity index is 582. The minimum atomic E-state index is 0.122. The van der Waals surface area contributed by atoms with E-state index in [4.69, 9.17) is 0 Å². The van der Waals surface area contributed by atoms with Crippen LogP contribution in [-0.2, 0) is 5.41 Å². The van der Waals surface area contributed by atoms with E-state index in [9.17, 15) is 0 Å². The molecule has 3 heteroatoms. The fourth-order valence-corrected chi connectivity index (χ4v) is 4.56. The number of hydrogen-bond donors (Lipinski definition) is 0. The lowest BCUT2D eigenvalue weighted by Crippen LogP contribution is -2.14. The topological polar surface area (TPSA) is 0 Å². The average Bonchev–Trinajstić information content (AvgIpc) is 2.67. The van der Waals surface area contributed by atoms with Gasteiger partial charge in [0.25, 0.3) is 0 Å². The van der Waals surface area contributed by atoms with Crippen molar-refractivity contribution in [3.8, 4) is 10.4 Å². The van der Waals surface area contributed by atoms with Gasteiger partial charge in [-0.2, -0.15) is 0 Å². The van der Waals surface area contributed by atoms with Gasteiger partial charge < -0.3 is 0 Å². The molecule has 0 atom stereocenters. The number of benzene rings is 1. The third kappa shape index (κ3) is 1.38. The Balaban J connectivity index is 2.37. The average molecular weight is 358 g/mol. The summed E-state index contributed by atoms with van der Waals surface area (Å²) in [6.07, 6.45) is 0. The SMILES string of the molecule is CC1(C)c2cc(Br)ccc2-c2sc(Br)cc21. The predicted molar refractivity (Wildman–Crippen MR) is 77.3 cm³/mol.